The molecule has 0 bridgehead atoms. The molecule has 0 aliphatic carbocycles. The molecule has 2 nitrogen and oxygen atoms in total. The van der Waals surface area contributed by atoms with Crippen LogP contribution in [0.2, 0.25) is 5.02 Å². The number of benzene rings is 4. The topological polar surface area (TPSA) is 29.6 Å². The van der Waals surface area contributed by atoms with E-state index in [0.29, 0.717) is 0 Å². The van der Waals surface area contributed by atoms with Gasteiger partial charge in [-0.3, -0.25) is 4.79 Å². The SMILES string of the molecule is Cc1ccc(CCCCCCCc2ccc(Cl)cc2)c([C@@H]2O[C@H]2C(=O)c2ccc3ccccc3c2)c1. The van der Waals surface area contributed by atoms with Crippen LogP contribution in [-0.4, -0.2) is 11.9 Å². The molecule has 0 N–H and O–H groups in total. The van der Waals surface area contributed by atoms with Crippen LogP contribution in [0.15, 0.2) is 84.9 Å². The summed E-state index contributed by atoms with van der Waals surface area (Å²) in [6.07, 6.45) is 7.74. The van der Waals surface area contributed by atoms with Crippen molar-refractivity contribution in [2.45, 2.75) is 64.1 Å². The standard InChI is InChI=1S/C33H33ClO2/c1-23-13-16-26(11-6-4-2-3-5-9-24-14-19-29(34)20-15-24)30(21-23)32-33(36-32)31(35)28-18-17-25-10-7-8-12-27(25)22-28/h7-8,10,12-22,32-33H,2-6,9,11H2,1H3/t32-,33-/m0/s1. The molecule has 36 heavy (non-hydrogen) atoms. The minimum Gasteiger partial charge on any atom is -0.356 e. The molecule has 1 saturated heterocycles. The Morgan fingerprint density at radius 2 is 1.50 bits per heavy atom. The van der Waals surface area contributed by atoms with Gasteiger partial charge in [0.25, 0.3) is 0 Å². The Labute approximate surface area is 219 Å². The summed E-state index contributed by atoms with van der Waals surface area (Å²) in [4.78, 5) is 13.2. The van der Waals surface area contributed by atoms with Gasteiger partial charge in [0.1, 0.15) is 6.10 Å². The molecule has 3 heteroatoms. The van der Waals surface area contributed by atoms with Gasteiger partial charge in [-0.05, 0) is 78.3 Å². The third-order valence-corrected chi connectivity index (χ3v) is 7.47. The Bertz CT molecular complexity index is 1340. The van der Waals surface area contributed by atoms with Crippen LogP contribution in [-0.2, 0) is 17.6 Å². The molecular weight excluding hydrogens is 464 g/mol. The molecule has 0 saturated carbocycles. The largest absolute Gasteiger partial charge is 0.356 e. The minimum atomic E-state index is -0.375. The van der Waals surface area contributed by atoms with Gasteiger partial charge in [0.15, 0.2) is 11.9 Å². The number of ketones is 1. The highest BCUT2D eigenvalue weighted by Crippen LogP contribution is 2.43. The smallest absolute Gasteiger partial charge is 0.194 e. The van der Waals surface area contributed by atoms with Crippen molar-refractivity contribution in [3.63, 3.8) is 0 Å². The van der Waals surface area contributed by atoms with Crippen LogP contribution in [0.25, 0.3) is 10.8 Å². The Morgan fingerprint density at radius 3 is 2.31 bits per heavy atom. The Kier molecular flexibility index (Phi) is 7.84. The van der Waals surface area contributed by atoms with E-state index in [-0.39, 0.29) is 18.0 Å². The molecule has 4 aromatic carbocycles. The van der Waals surface area contributed by atoms with Gasteiger partial charge in [-0.2, -0.15) is 0 Å². The van der Waals surface area contributed by atoms with Crippen molar-refractivity contribution in [3.05, 3.63) is 118 Å². The molecule has 0 amide bonds. The summed E-state index contributed by atoms with van der Waals surface area (Å²) in [5.41, 5.74) is 5.82. The van der Waals surface area contributed by atoms with Gasteiger partial charge in [0.2, 0.25) is 0 Å². The zero-order valence-electron chi connectivity index (χ0n) is 20.9. The van der Waals surface area contributed by atoms with Crippen LogP contribution in [0.1, 0.15) is 70.8 Å². The zero-order chi connectivity index (χ0) is 24.9. The average Bonchev–Trinajstić information content (AvgIpc) is 3.70. The van der Waals surface area contributed by atoms with Gasteiger partial charge in [-0.15, -0.1) is 0 Å². The van der Waals surface area contributed by atoms with Crippen LogP contribution >= 0.6 is 11.6 Å². The summed E-state index contributed by atoms with van der Waals surface area (Å²) in [5.74, 6) is 0.0823. The third kappa shape index (κ3) is 6.06. The first-order valence-corrected chi connectivity index (χ1v) is 13.5. The number of aryl methyl sites for hydroxylation is 3. The highest BCUT2D eigenvalue weighted by Gasteiger charge is 2.47. The van der Waals surface area contributed by atoms with Gasteiger partial charge in [-0.1, -0.05) is 103 Å². The number of fused-ring (bicyclic) bond motifs is 1. The number of unbranched alkanes of at least 4 members (excludes halogenated alkanes) is 4. The lowest BCUT2D eigenvalue weighted by molar-refractivity contribution is 0.0954. The van der Waals surface area contributed by atoms with Crippen molar-refractivity contribution in [2.75, 3.05) is 0 Å². The molecule has 1 fully saturated rings. The van der Waals surface area contributed by atoms with E-state index in [4.69, 9.17) is 16.3 Å². The summed E-state index contributed by atoms with van der Waals surface area (Å²) >= 11 is 5.97. The lowest BCUT2D eigenvalue weighted by atomic mass is 9.93. The molecule has 184 valence electrons. The number of hydrogen-bond donors (Lipinski definition) is 0. The highest BCUT2D eigenvalue weighted by molar-refractivity contribution is 6.30. The van der Waals surface area contributed by atoms with E-state index in [9.17, 15) is 4.79 Å². The quantitative estimate of drug-likeness (QED) is 0.118. The van der Waals surface area contributed by atoms with E-state index in [2.05, 4.69) is 43.3 Å². The van der Waals surface area contributed by atoms with Crippen LogP contribution in [0.4, 0.5) is 0 Å². The first-order chi connectivity index (χ1) is 17.6. The Hall–Kier alpha value is -2.94. The maximum atomic E-state index is 13.2. The predicted molar refractivity (Wildman–Crippen MR) is 149 cm³/mol. The summed E-state index contributed by atoms with van der Waals surface area (Å²) in [6, 6.07) is 28.9. The van der Waals surface area contributed by atoms with E-state index in [0.717, 1.165) is 40.6 Å². The van der Waals surface area contributed by atoms with E-state index in [1.54, 1.807) is 0 Å². The van der Waals surface area contributed by atoms with Gasteiger partial charge in [-0.25, -0.2) is 0 Å². The summed E-state index contributed by atoms with van der Waals surface area (Å²) in [6.45, 7) is 2.11. The number of halogens is 1. The van der Waals surface area contributed by atoms with Crippen molar-refractivity contribution in [1.29, 1.82) is 0 Å². The van der Waals surface area contributed by atoms with Crippen molar-refractivity contribution >= 4 is 28.2 Å². The van der Waals surface area contributed by atoms with Crippen molar-refractivity contribution < 1.29 is 9.53 Å². The van der Waals surface area contributed by atoms with Crippen molar-refractivity contribution in [2.24, 2.45) is 0 Å². The van der Waals surface area contributed by atoms with E-state index in [1.165, 1.54) is 47.9 Å². The lowest BCUT2D eigenvalue weighted by Gasteiger charge is -2.09. The van der Waals surface area contributed by atoms with E-state index < -0.39 is 0 Å². The first-order valence-electron chi connectivity index (χ1n) is 13.1. The van der Waals surface area contributed by atoms with Crippen LogP contribution in [0.5, 0.6) is 0 Å². The number of ether oxygens (including phenoxy) is 1. The average molecular weight is 497 g/mol. The first kappa shape index (κ1) is 24.7. The molecule has 0 aromatic heterocycles. The van der Waals surface area contributed by atoms with E-state index in [1.807, 2.05) is 48.5 Å². The lowest BCUT2D eigenvalue weighted by Crippen LogP contribution is -2.09. The van der Waals surface area contributed by atoms with Gasteiger partial charge in [0, 0.05) is 10.6 Å². The maximum absolute atomic E-state index is 13.2. The van der Waals surface area contributed by atoms with Gasteiger partial charge < -0.3 is 4.74 Å². The molecule has 0 spiro atoms. The zero-order valence-corrected chi connectivity index (χ0v) is 21.6. The number of rotatable bonds is 11. The van der Waals surface area contributed by atoms with E-state index >= 15 is 0 Å². The Balaban J connectivity index is 1.13. The second-order valence-electron chi connectivity index (χ2n) is 10.00. The van der Waals surface area contributed by atoms with Crippen LogP contribution < -0.4 is 0 Å². The molecule has 1 heterocycles. The molecule has 1 aliphatic heterocycles. The van der Waals surface area contributed by atoms with Crippen molar-refractivity contribution in [3.8, 4) is 0 Å². The highest BCUT2D eigenvalue weighted by atomic mass is 35.5. The monoisotopic (exact) mass is 496 g/mol. The summed E-state index contributed by atoms with van der Waals surface area (Å²) in [5, 5.41) is 3.04. The number of hydrogen-bond acceptors (Lipinski definition) is 2. The minimum absolute atomic E-state index is 0.0823. The fraction of sp³-hybridized carbons (Fsp3) is 0.303. The number of Topliss-reactive ketones (excluding diaryl/α,β-unsaturated/α-hetero) is 1. The normalized spacial score (nSPS) is 16.8. The molecule has 5 rings (SSSR count). The number of carbonyl (C=O) groups is 1. The predicted octanol–water partition coefficient (Wildman–Crippen LogP) is 8.86. The fourth-order valence-corrected chi connectivity index (χ4v) is 5.21. The third-order valence-electron chi connectivity index (χ3n) is 7.22. The molecule has 1 aliphatic rings. The fourth-order valence-electron chi connectivity index (χ4n) is 5.09. The molecule has 0 unspecified atom stereocenters. The van der Waals surface area contributed by atoms with Crippen molar-refractivity contribution in [1.82, 2.24) is 0 Å². The molecule has 0 radical (unpaired) electrons. The summed E-state index contributed by atoms with van der Waals surface area (Å²) < 4.78 is 5.98. The maximum Gasteiger partial charge on any atom is 0.194 e. The number of carbonyl (C=O) groups excluding carboxylic acids is 1. The second-order valence-corrected chi connectivity index (χ2v) is 10.4. The Morgan fingerprint density at radius 1 is 0.778 bits per heavy atom. The molecule has 2 atom stereocenters. The summed E-state index contributed by atoms with van der Waals surface area (Å²) in [7, 11) is 0. The molecule has 4 aromatic rings. The number of epoxide rings is 1. The van der Waals surface area contributed by atoms with Crippen LogP contribution in [0.3, 0.4) is 0 Å². The molecular formula is C33H33ClO2. The van der Waals surface area contributed by atoms with Crippen LogP contribution in [0, 0.1) is 6.92 Å². The second kappa shape index (κ2) is 11.4. The van der Waals surface area contributed by atoms with Gasteiger partial charge >= 0.3 is 0 Å². The van der Waals surface area contributed by atoms with Gasteiger partial charge in [0.05, 0.1) is 0 Å².